The Morgan fingerprint density at radius 2 is 2.21 bits per heavy atom. The van der Waals surface area contributed by atoms with Crippen LogP contribution in [0.5, 0.6) is 5.75 Å². The smallest absolute Gasteiger partial charge is 0.148 e. The quantitative estimate of drug-likeness (QED) is 0.776. The van der Waals surface area contributed by atoms with Crippen molar-refractivity contribution in [2.75, 3.05) is 7.11 Å². The summed E-state index contributed by atoms with van der Waals surface area (Å²) in [5.41, 5.74) is 1.99. The van der Waals surface area contributed by atoms with Crippen LogP contribution in [0.4, 0.5) is 0 Å². The van der Waals surface area contributed by atoms with E-state index in [0.29, 0.717) is 0 Å². The molecule has 0 spiro atoms. The summed E-state index contributed by atoms with van der Waals surface area (Å²) >= 11 is 3.52. The highest BCUT2D eigenvalue weighted by atomic mass is 79.9. The van der Waals surface area contributed by atoms with Crippen molar-refractivity contribution >= 4 is 26.8 Å². The Morgan fingerprint density at radius 1 is 1.43 bits per heavy atom. The molecule has 0 radical (unpaired) electrons. The highest BCUT2D eigenvalue weighted by molar-refractivity contribution is 9.10. The second-order valence-corrected chi connectivity index (χ2v) is 3.96. The van der Waals surface area contributed by atoms with Crippen LogP contribution in [0.15, 0.2) is 28.9 Å². The molecule has 0 saturated heterocycles. The molecule has 0 N–H and O–H groups in total. The first kappa shape index (κ1) is 9.46. The summed E-state index contributed by atoms with van der Waals surface area (Å²) in [4.78, 5) is 4.32. The second kappa shape index (κ2) is 3.58. The first-order valence-corrected chi connectivity index (χ1v) is 5.11. The minimum absolute atomic E-state index is 0.851. The minimum Gasteiger partial charge on any atom is -0.494 e. The molecule has 0 atom stereocenters. The van der Waals surface area contributed by atoms with Gasteiger partial charge in [0.05, 0.1) is 7.11 Å². The number of rotatable bonds is 1. The largest absolute Gasteiger partial charge is 0.494 e. The van der Waals surface area contributed by atoms with E-state index in [1.54, 1.807) is 13.3 Å². The van der Waals surface area contributed by atoms with E-state index >= 15 is 0 Å². The predicted molar refractivity (Wildman–Crippen MR) is 60.7 cm³/mol. The van der Waals surface area contributed by atoms with Crippen LogP contribution in [0.1, 0.15) is 5.56 Å². The van der Waals surface area contributed by atoms with Crippen LogP contribution >= 0.6 is 15.9 Å². The van der Waals surface area contributed by atoms with Crippen molar-refractivity contribution < 1.29 is 4.74 Å². The molecule has 2 aromatic rings. The fraction of sp³-hybridized carbons (Fsp3) is 0.182. The summed E-state index contributed by atoms with van der Waals surface area (Å²) in [5, 5.41) is 1.08. The summed E-state index contributed by atoms with van der Waals surface area (Å²) in [6.45, 7) is 2.01. The SMILES string of the molecule is COc1c(C)cc(Br)c2cccnc12. The van der Waals surface area contributed by atoms with Crippen LogP contribution in [-0.4, -0.2) is 12.1 Å². The van der Waals surface area contributed by atoms with Crippen LogP contribution in [0.3, 0.4) is 0 Å². The van der Waals surface area contributed by atoms with E-state index in [-0.39, 0.29) is 0 Å². The number of benzene rings is 1. The molecule has 0 saturated carbocycles. The van der Waals surface area contributed by atoms with Gasteiger partial charge in [-0.25, -0.2) is 0 Å². The van der Waals surface area contributed by atoms with E-state index < -0.39 is 0 Å². The number of methoxy groups -OCH3 is 1. The first-order valence-electron chi connectivity index (χ1n) is 4.32. The lowest BCUT2D eigenvalue weighted by molar-refractivity contribution is 0.416. The fourth-order valence-electron chi connectivity index (χ4n) is 1.56. The number of pyridine rings is 1. The number of hydrogen-bond acceptors (Lipinski definition) is 2. The zero-order valence-corrected chi connectivity index (χ0v) is 9.63. The average Bonchev–Trinajstić information content (AvgIpc) is 2.18. The van der Waals surface area contributed by atoms with Crippen LogP contribution < -0.4 is 4.74 Å². The van der Waals surface area contributed by atoms with Gasteiger partial charge in [0.15, 0.2) is 0 Å². The molecule has 72 valence electrons. The van der Waals surface area contributed by atoms with E-state index in [1.807, 2.05) is 25.1 Å². The molecule has 14 heavy (non-hydrogen) atoms. The van der Waals surface area contributed by atoms with E-state index in [2.05, 4.69) is 20.9 Å². The lowest BCUT2D eigenvalue weighted by Gasteiger charge is -2.09. The Hall–Kier alpha value is -1.09. The Balaban J connectivity index is 2.90. The Morgan fingerprint density at radius 3 is 2.93 bits per heavy atom. The molecule has 0 unspecified atom stereocenters. The van der Waals surface area contributed by atoms with Crippen LogP contribution in [-0.2, 0) is 0 Å². The van der Waals surface area contributed by atoms with Gasteiger partial charge >= 0.3 is 0 Å². The maximum absolute atomic E-state index is 5.33. The Labute approximate surface area is 91.0 Å². The van der Waals surface area contributed by atoms with E-state index in [0.717, 1.165) is 26.7 Å². The summed E-state index contributed by atoms with van der Waals surface area (Å²) in [6.07, 6.45) is 1.77. The first-order chi connectivity index (χ1) is 6.74. The monoisotopic (exact) mass is 251 g/mol. The average molecular weight is 252 g/mol. The molecular weight excluding hydrogens is 242 g/mol. The van der Waals surface area contributed by atoms with Gasteiger partial charge in [0, 0.05) is 16.1 Å². The molecule has 0 aliphatic carbocycles. The number of aromatic nitrogens is 1. The van der Waals surface area contributed by atoms with E-state index in [9.17, 15) is 0 Å². The normalized spacial score (nSPS) is 10.5. The Bertz CT molecular complexity index is 482. The summed E-state index contributed by atoms with van der Waals surface area (Å²) < 4.78 is 6.38. The van der Waals surface area contributed by atoms with Gasteiger partial charge in [0.25, 0.3) is 0 Å². The molecule has 3 heteroatoms. The summed E-state index contributed by atoms with van der Waals surface area (Å²) in [6, 6.07) is 5.99. The number of hydrogen-bond donors (Lipinski definition) is 0. The highest BCUT2D eigenvalue weighted by Gasteiger charge is 2.08. The molecular formula is C11H10BrNO. The maximum Gasteiger partial charge on any atom is 0.148 e. The number of fused-ring (bicyclic) bond motifs is 1. The third kappa shape index (κ3) is 1.38. The van der Waals surface area contributed by atoms with Crippen molar-refractivity contribution in [3.63, 3.8) is 0 Å². The van der Waals surface area contributed by atoms with Gasteiger partial charge in [0.1, 0.15) is 11.3 Å². The van der Waals surface area contributed by atoms with Crippen molar-refractivity contribution in [1.29, 1.82) is 0 Å². The predicted octanol–water partition coefficient (Wildman–Crippen LogP) is 3.31. The van der Waals surface area contributed by atoms with E-state index in [4.69, 9.17) is 4.74 Å². The number of halogens is 1. The number of aryl methyl sites for hydroxylation is 1. The van der Waals surface area contributed by atoms with Gasteiger partial charge in [-0.3, -0.25) is 4.98 Å². The maximum atomic E-state index is 5.33. The zero-order chi connectivity index (χ0) is 10.1. The number of ether oxygens (including phenoxy) is 1. The fourth-order valence-corrected chi connectivity index (χ4v) is 2.22. The standard InChI is InChI=1S/C11H10BrNO/c1-7-6-9(12)8-4-3-5-13-10(8)11(7)14-2/h3-6H,1-2H3. The van der Waals surface area contributed by atoms with Crippen molar-refractivity contribution in [3.05, 3.63) is 34.4 Å². The van der Waals surface area contributed by atoms with Crippen LogP contribution in [0.2, 0.25) is 0 Å². The molecule has 0 fully saturated rings. The molecule has 1 aromatic carbocycles. The summed E-state index contributed by atoms with van der Waals surface area (Å²) in [7, 11) is 1.67. The molecule has 2 nitrogen and oxygen atoms in total. The minimum atomic E-state index is 0.851. The third-order valence-electron chi connectivity index (χ3n) is 2.19. The highest BCUT2D eigenvalue weighted by Crippen LogP contribution is 2.32. The van der Waals surface area contributed by atoms with Gasteiger partial charge < -0.3 is 4.74 Å². The van der Waals surface area contributed by atoms with Gasteiger partial charge in [-0.15, -0.1) is 0 Å². The number of nitrogens with zero attached hydrogens (tertiary/aromatic N) is 1. The van der Waals surface area contributed by atoms with Crippen molar-refractivity contribution in [3.8, 4) is 5.75 Å². The molecule has 1 heterocycles. The topological polar surface area (TPSA) is 22.1 Å². The second-order valence-electron chi connectivity index (χ2n) is 3.11. The van der Waals surface area contributed by atoms with Gasteiger partial charge in [-0.1, -0.05) is 22.0 Å². The summed E-state index contributed by atoms with van der Waals surface area (Å²) in [5.74, 6) is 0.851. The van der Waals surface area contributed by atoms with Crippen molar-refractivity contribution in [2.45, 2.75) is 6.92 Å². The molecule has 0 bridgehead atoms. The van der Waals surface area contributed by atoms with Crippen molar-refractivity contribution in [1.82, 2.24) is 4.98 Å². The van der Waals surface area contributed by atoms with E-state index in [1.165, 1.54) is 0 Å². The molecule has 0 aliphatic heterocycles. The van der Waals surface area contributed by atoms with Crippen LogP contribution in [0, 0.1) is 6.92 Å². The zero-order valence-electron chi connectivity index (χ0n) is 8.04. The molecule has 0 aliphatic rings. The molecule has 2 rings (SSSR count). The Kier molecular flexibility index (Phi) is 2.42. The van der Waals surface area contributed by atoms with Gasteiger partial charge in [0.2, 0.25) is 0 Å². The third-order valence-corrected chi connectivity index (χ3v) is 2.84. The molecule has 0 amide bonds. The van der Waals surface area contributed by atoms with Gasteiger partial charge in [-0.05, 0) is 24.6 Å². The molecule has 1 aromatic heterocycles. The van der Waals surface area contributed by atoms with Crippen molar-refractivity contribution in [2.24, 2.45) is 0 Å². The lowest BCUT2D eigenvalue weighted by Crippen LogP contribution is -1.91. The van der Waals surface area contributed by atoms with Gasteiger partial charge in [-0.2, -0.15) is 0 Å². The lowest BCUT2D eigenvalue weighted by atomic mass is 10.1. The van der Waals surface area contributed by atoms with Crippen LogP contribution in [0.25, 0.3) is 10.9 Å².